The Labute approximate surface area is 152 Å². The zero-order valence-electron chi connectivity index (χ0n) is 15.2. The maximum absolute atomic E-state index is 12.3. The van der Waals surface area contributed by atoms with E-state index in [1.807, 2.05) is 13.8 Å². The zero-order valence-corrected chi connectivity index (χ0v) is 15.2. The molecule has 1 aliphatic carbocycles. The van der Waals surface area contributed by atoms with E-state index in [1.165, 1.54) is 6.92 Å². The predicted molar refractivity (Wildman–Crippen MR) is 90.7 cm³/mol. The van der Waals surface area contributed by atoms with Gasteiger partial charge in [0, 0.05) is 6.04 Å². The van der Waals surface area contributed by atoms with Crippen molar-refractivity contribution in [3.63, 3.8) is 0 Å². The third kappa shape index (κ3) is 4.51. The number of ether oxygens (including phenoxy) is 1. The van der Waals surface area contributed by atoms with Crippen LogP contribution in [0.1, 0.15) is 40.0 Å². The molecule has 1 saturated heterocycles. The highest BCUT2D eigenvalue weighted by Crippen LogP contribution is 2.37. The van der Waals surface area contributed by atoms with Crippen molar-refractivity contribution in [1.82, 2.24) is 10.6 Å². The predicted octanol–water partition coefficient (Wildman–Crippen LogP) is -0.614. The first-order chi connectivity index (χ1) is 12.1. The molecule has 0 aromatic carbocycles. The zero-order chi connectivity index (χ0) is 19.6. The highest BCUT2D eigenvalue weighted by atomic mass is 16.6. The van der Waals surface area contributed by atoms with E-state index in [1.54, 1.807) is 0 Å². The lowest BCUT2D eigenvalue weighted by Gasteiger charge is -2.37. The number of hydrogen-bond donors (Lipinski definition) is 4. The van der Waals surface area contributed by atoms with E-state index in [9.17, 15) is 24.3 Å². The second-order valence-electron chi connectivity index (χ2n) is 7.30. The fourth-order valence-electron chi connectivity index (χ4n) is 3.11. The minimum absolute atomic E-state index is 0.0498. The van der Waals surface area contributed by atoms with Crippen molar-refractivity contribution >= 4 is 23.8 Å². The first kappa shape index (κ1) is 20.2. The smallest absolute Gasteiger partial charge is 0.326 e. The number of hydrogen-bond acceptors (Lipinski definition) is 6. The molecular formula is C17H27N3O6. The summed E-state index contributed by atoms with van der Waals surface area (Å²) in [6.07, 6.45) is 0.831. The topological polar surface area (TPSA) is 148 Å². The van der Waals surface area contributed by atoms with Crippen LogP contribution in [0.5, 0.6) is 0 Å². The molecule has 7 atom stereocenters. The van der Waals surface area contributed by atoms with E-state index < -0.39 is 36.0 Å². The van der Waals surface area contributed by atoms with E-state index >= 15 is 0 Å². The first-order valence-corrected chi connectivity index (χ1v) is 8.95. The molecule has 2 amide bonds. The summed E-state index contributed by atoms with van der Waals surface area (Å²) < 4.78 is 4.98. The first-order valence-electron chi connectivity index (χ1n) is 8.95. The quantitative estimate of drug-likeness (QED) is 0.396. The second-order valence-corrected chi connectivity index (χ2v) is 7.30. The van der Waals surface area contributed by atoms with Crippen LogP contribution in [0.2, 0.25) is 0 Å². The van der Waals surface area contributed by atoms with Gasteiger partial charge in [-0.3, -0.25) is 14.4 Å². The van der Waals surface area contributed by atoms with Crippen LogP contribution < -0.4 is 16.4 Å². The van der Waals surface area contributed by atoms with Crippen LogP contribution >= 0.6 is 0 Å². The van der Waals surface area contributed by atoms with E-state index in [2.05, 4.69) is 10.6 Å². The summed E-state index contributed by atoms with van der Waals surface area (Å²) in [4.78, 5) is 46.8. The molecule has 2 aliphatic rings. The number of esters is 1. The Morgan fingerprint density at radius 2 is 2.00 bits per heavy atom. The van der Waals surface area contributed by atoms with Crippen molar-refractivity contribution in [2.75, 3.05) is 0 Å². The minimum atomic E-state index is -1.14. The Morgan fingerprint density at radius 1 is 1.35 bits per heavy atom. The molecule has 0 bridgehead atoms. The van der Waals surface area contributed by atoms with Crippen molar-refractivity contribution in [2.45, 2.75) is 64.3 Å². The van der Waals surface area contributed by atoms with Gasteiger partial charge in [0.05, 0.1) is 6.04 Å². The van der Waals surface area contributed by atoms with E-state index in [0.29, 0.717) is 6.42 Å². The number of amides is 2. The third-order valence-electron chi connectivity index (χ3n) is 5.17. The van der Waals surface area contributed by atoms with Crippen LogP contribution in [0.15, 0.2) is 0 Å². The molecule has 1 saturated carbocycles. The van der Waals surface area contributed by atoms with Gasteiger partial charge in [0.2, 0.25) is 5.91 Å². The summed E-state index contributed by atoms with van der Waals surface area (Å²) in [5.41, 5.74) is 5.44. The largest absolute Gasteiger partial charge is 0.480 e. The average molecular weight is 369 g/mol. The highest BCUT2D eigenvalue weighted by molar-refractivity contribution is 5.94. The number of aliphatic carboxylic acids is 1. The highest BCUT2D eigenvalue weighted by Gasteiger charge is 2.51. The van der Waals surface area contributed by atoms with Gasteiger partial charge in [-0.05, 0) is 31.6 Å². The number of carbonyl (C=O) groups excluding carboxylic acids is 3. The van der Waals surface area contributed by atoms with E-state index in [4.69, 9.17) is 10.5 Å². The van der Waals surface area contributed by atoms with Gasteiger partial charge in [0.15, 0.2) is 6.10 Å². The molecule has 0 spiro atoms. The molecule has 9 heteroatoms. The summed E-state index contributed by atoms with van der Waals surface area (Å²) in [6, 6.07) is -2.01. The number of carbonyl (C=O) groups is 4. The Bertz CT molecular complexity index is 593. The fraction of sp³-hybridized carbons (Fsp3) is 0.765. The lowest BCUT2D eigenvalue weighted by Crippen LogP contribution is -2.56. The molecule has 9 nitrogen and oxygen atoms in total. The van der Waals surface area contributed by atoms with Gasteiger partial charge in [-0.2, -0.15) is 0 Å². The molecule has 5 N–H and O–H groups in total. The molecule has 2 unspecified atom stereocenters. The van der Waals surface area contributed by atoms with Gasteiger partial charge in [0.25, 0.3) is 5.91 Å². The van der Waals surface area contributed by atoms with Crippen LogP contribution in [-0.4, -0.2) is 53.1 Å². The van der Waals surface area contributed by atoms with Crippen molar-refractivity contribution in [1.29, 1.82) is 0 Å². The number of carboxylic acid groups (broad SMARTS) is 1. The van der Waals surface area contributed by atoms with Gasteiger partial charge in [-0.25, -0.2) is 4.79 Å². The number of nitrogens with one attached hydrogen (secondary N) is 2. The lowest BCUT2D eigenvalue weighted by molar-refractivity contribution is -0.193. The van der Waals surface area contributed by atoms with Gasteiger partial charge in [-0.15, -0.1) is 0 Å². The molecule has 0 aromatic heterocycles. The summed E-state index contributed by atoms with van der Waals surface area (Å²) in [7, 11) is 0. The monoisotopic (exact) mass is 369 g/mol. The second kappa shape index (κ2) is 8.03. The van der Waals surface area contributed by atoms with Crippen molar-refractivity contribution in [2.24, 2.45) is 23.5 Å². The summed E-state index contributed by atoms with van der Waals surface area (Å²) >= 11 is 0. The molecule has 146 valence electrons. The number of rotatable bonds is 9. The third-order valence-corrected chi connectivity index (χ3v) is 5.17. The molecular weight excluding hydrogens is 342 g/mol. The van der Waals surface area contributed by atoms with E-state index in [0.717, 1.165) is 6.42 Å². The molecule has 2 rings (SSSR count). The van der Waals surface area contributed by atoms with Gasteiger partial charge < -0.3 is 26.2 Å². The standard InChI is InChI=1S/C17H27N3O6/c1-4-7(2)12-13(26-17(12)25)15(22)19-10-5-9(10)6-11(16(23)24)20-14(21)8(3)18/h7-13H,4-6,18H2,1-3H3,(H,19,22)(H,20,21)(H,23,24)/t7?,8-,9-,10+,11+,12-,13?/m0/s1. The molecule has 26 heavy (non-hydrogen) atoms. The molecule has 1 heterocycles. The van der Waals surface area contributed by atoms with Gasteiger partial charge in [-0.1, -0.05) is 20.3 Å². The number of cyclic esters (lactones) is 1. The Balaban J connectivity index is 1.82. The van der Waals surface area contributed by atoms with Crippen molar-refractivity contribution in [3.8, 4) is 0 Å². The van der Waals surface area contributed by atoms with E-state index in [-0.39, 0.29) is 36.2 Å². The average Bonchev–Trinajstić information content (AvgIpc) is 3.28. The Kier molecular flexibility index (Phi) is 6.22. The normalized spacial score (nSPS) is 30.2. The maximum Gasteiger partial charge on any atom is 0.326 e. The lowest BCUT2D eigenvalue weighted by atomic mass is 9.83. The van der Waals surface area contributed by atoms with Crippen LogP contribution in [0.4, 0.5) is 0 Å². The van der Waals surface area contributed by atoms with Crippen LogP contribution in [0, 0.1) is 17.8 Å². The molecule has 1 aliphatic heterocycles. The minimum Gasteiger partial charge on any atom is -0.480 e. The Morgan fingerprint density at radius 3 is 2.50 bits per heavy atom. The number of carboxylic acids is 1. The van der Waals surface area contributed by atoms with Crippen LogP contribution in [0.25, 0.3) is 0 Å². The molecule has 0 aromatic rings. The van der Waals surface area contributed by atoms with Gasteiger partial charge >= 0.3 is 11.9 Å². The summed E-state index contributed by atoms with van der Waals surface area (Å²) in [6.45, 7) is 5.33. The van der Waals surface area contributed by atoms with Crippen molar-refractivity contribution < 1.29 is 29.0 Å². The summed E-state index contributed by atoms with van der Waals surface area (Å²) in [5.74, 6) is -2.77. The van der Waals surface area contributed by atoms with Crippen LogP contribution in [-0.2, 0) is 23.9 Å². The number of nitrogens with two attached hydrogens (primary N) is 1. The SMILES string of the molecule is CCC(C)[C@@H]1C(=O)OC1C(=O)N[C@@H]1C[C@H]1C[C@@H](NC(=O)[C@H](C)N)C(=O)O. The molecule has 0 radical (unpaired) electrons. The maximum atomic E-state index is 12.3. The summed E-state index contributed by atoms with van der Waals surface area (Å²) in [5, 5.41) is 14.4. The van der Waals surface area contributed by atoms with Gasteiger partial charge in [0.1, 0.15) is 12.0 Å². The fourth-order valence-corrected chi connectivity index (χ4v) is 3.11. The Hall–Kier alpha value is -2.16. The molecule has 2 fully saturated rings. The van der Waals surface area contributed by atoms with Crippen LogP contribution in [0.3, 0.4) is 0 Å². The van der Waals surface area contributed by atoms with Crippen molar-refractivity contribution in [3.05, 3.63) is 0 Å².